The molecule has 0 saturated heterocycles. The number of hydrogen-bond acceptors (Lipinski definition) is 6. The second-order valence-electron chi connectivity index (χ2n) is 8.80. The van der Waals surface area contributed by atoms with Crippen molar-refractivity contribution in [2.45, 2.75) is 0 Å². The molecule has 1 aliphatic rings. The zero-order valence-corrected chi connectivity index (χ0v) is 21.0. The van der Waals surface area contributed by atoms with E-state index < -0.39 is 11.8 Å². The largest absolute Gasteiger partial charge is 0.465 e. The highest BCUT2D eigenvalue weighted by atomic mass is 19.1. The molecule has 8 nitrogen and oxygen atoms in total. The van der Waals surface area contributed by atoms with Crippen molar-refractivity contribution < 1.29 is 23.5 Å². The standard InChI is InChI=1S/C28H27FN4O4/c1-32(2)16-24(34)33(3)23-13-11-19(15-21(23)29)30-26(17-8-6-5-7-9-17)25-20-12-10-18(28(36)37-4)14-22(20)31-27(25)35/h5-15,30H,16H2,1-4H3,(H,31,35)/b26-25-. The number of hydrogen-bond donors (Lipinski definition) is 2. The Morgan fingerprint density at radius 1 is 0.973 bits per heavy atom. The Morgan fingerprint density at radius 2 is 1.70 bits per heavy atom. The first-order valence-corrected chi connectivity index (χ1v) is 11.5. The van der Waals surface area contributed by atoms with Gasteiger partial charge in [0.15, 0.2) is 0 Å². The van der Waals surface area contributed by atoms with Crippen LogP contribution < -0.4 is 15.5 Å². The van der Waals surface area contributed by atoms with E-state index in [1.54, 1.807) is 43.3 Å². The van der Waals surface area contributed by atoms with Gasteiger partial charge in [0.2, 0.25) is 5.91 Å². The van der Waals surface area contributed by atoms with Crippen LogP contribution in [0.3, 0.4) is 0 Å². The molecule has 0 fully saturated rings. The number of carbonyl (C=O) groups is 3. The summed E-state index contributed by atoms with van der Waals surface area (Å²) in [7, 11) is 6.34. The van der Waals surface area contributed by atoms with Gasteiger partial charge < -0.3 is 25.2 Å². The molecule has 3 aromatic rings. The maximum atomic E-state index is 15.1. The Hall–Kier alpha value is -4.50. The maximum Gasteiger partial charge on any atom is 0.337 e. The lowest BCUT2D eigenvalue weighted by molar-refractivity contribution is -0.119. The maximum absolute atomic E-state index is 15.1. The lowest BCUT2D eigenvalue weighted by atomic mass is 9.99. The van der Waals surface area contributed by atoms with Crippen molar-refractivity contribution in [2.75, 3.05) is 50.3 Å². The second kappa shape index (κ2) is 10.6. The van der Waals surface area contributed by atoms with Crippen LogP contribution in [-0.4, -0.2) is 57.5 Å². The minimum atomic E-state index is -0.587. The van der Waals surface area contributed by atoms with Gasteiger partial charge in [0.05, 0.1) is 41.9 Å². The van der Waals surface area contributed by atoms with Crippen molar-refractivity contribution in [3.63, 3.8) is 0 Å². The van der Waals surface area contributed by atoms with Crippen LogP contribution in [0.5, 0.6) is 0 Å². The average Bonchev–Trinajstić information content (AvgIpc) is 3.21. The fourth-order valence-electron chi connectivity index (χ4n) is 4.06. The summed E-state index contributed by atoms with van der Waals surface area (Å²) in [4.78, 5) is 40.4. The summed E-state index contributed by atoms with van der Waals surface area (Å²) >= 11 is 0. The van der Waals surface area contributed by atoms with Crippen LogP contribution in [0.15, 0.2) is 66.7 Å². The number of nitrogens with zero attached hydrogens (tertiary/aromatic N) is 2. The molecular formula is C28H27FN4O4. The van der Waals surface area contributed by atoms with E-state index in [4.69, 9.17) is 4.74 Å². The van der Waals surface area contributed by atoms with E-state index in [2.05, 4.69) is 10.6 Å². The Labute approximate surface area is 214 Å². The Kier molecular flexibility index (Phi) is 7.35. The number of likely N-dealkylation sites (N-methyl/N-ethyl adjacent to an activating group) is 2. The number of nitrogens with one attached hydrogen (secondary N) is 2. The Bertz CT molecular complexity index is 1400. The molecule has 37 heavy (non-hydrogen) atoms. The number of rotatable bonds is 7. The molecule has 4 rings (SSSR count). The van der Waals surface area contributed by atoms with E-state index in [-0.39, 0.29) is 24.0 Å². The summed E-state index contributed by atoms with van der Waals surface area (Å²) in [6.45, 7) is 0.145. The first kappa shape index (κ1) is 25.6. The average molecular weight is 503 g/mol. The van der Waals surface area contributed by atoms with Gasteiger partial charge in [-0.2, -0.15) is 0 Å². The highest BCUT2D eigenvalue weighted by Crippen LogP contribution is 2.38. The van der Waals surface area contributed by atoms with Crippen LogP contribution in [-0.2, 0) is 14.3 Å². The molecule has 0 saturated carbocycles. The van der Waals surface area contributed by atoms with Gasteiger partial charge in [-0.1, -0.05) is 36.4 Å². The first-order valence-electron chi connectivity index (χ1n) is 11.5. The first-order chi connectivity index (χ1) is 17.7. The molecule has 3 aromatic carbocycles. The van der Waals surface area contributed by atoms with Crippen molar-refractivity contribution >= 4 is 46.1 Å². The van der Waals surface area contributed by atoms with E-state index in [0.717, 1.165) is 0 Å². The lowest BCUT2D eigenvalue weighted by Crippen LogP contribution is -2.35. The number of halogens is 1. The molecule has 2 amide bonds. The molecule has 0 spiro atoms. The predicted octanol–water partition coefficient (Wildman–Crippen LogP) is 4.07. The van der Waals surface area contributed by atoms with Crippen LogP contribution in [0.2, 0.25) is 0 Å². The minimum absolute atomic E-state index is 0.144. The van der Waals surface area contributed by atoms with Gasteiger partial charge in [-0.05, 0) is 50.0 Å². The third-order valence-corrected chi connectivity index (χ3v) is 5.90. The van der Waals surface area contributed by atoms with Gasteiger partial charge in [0.1, 0.15) is 5.82 Å². The van der Waals surface area contributed by atoms with Crippen molar-refractivity contribution in [2.24, 2.45) is 0 Å². The number of benzene rings is 3. The molecule has 0 aliphatic carbocycles. The number of ether oxygens (including phenoxy) is 1. The quantitative estimate of drug-likeness (QED) is 0.374. The topological polar surface area (TPSA) is 91.0 Å². The molecule has 0 aromatic heterocycles. The number of methoxy groups -OCH3 is 1. The highest BCUT2D eigenvalue weighted by Gasteiger charge is 2.29. The van der Waals surface area contributed by atoms with Crippen molar-refractivity contribution in [1.29, 1.82) is 0 Å². The van der Waals surface area contributed by atoms with Crippen molar-refractivity contribution in [1.82, 2.24) is 4.90 Å². The molecule has 1 heterocycles. The van der Waals surface area contributed by atoms with Crippen LogP contribution in [0.25, 0.3) is 11.3 Å². The molecule has 1 aliphatic heterocycles. The molecule has 0 bridgehead atoms. The lowest BCUT2D eigenvalue weighted by Gasteiger charge is -2.21. The van der Waals surface area contributed by atoms with Crippen LogP contribution in [0.4, 0.5) is 21.5 Å². The zero-order valence-electron chi connectivity index (χ0n) is 21.0. The number of anilines is 3. The van der Waals surface area contributed by atoms with Gasteiger partial charge in [0, 0.05) is 18.3 Å². The van der Waals surface area contributed by atoms with E-state index in [1.807, 2.05) is 30.3 Å². The number of fused-ring (bicyclic) bond motifs is 1. The van der Waals surface area contributed by atoms with Gasteiger partial charge in [-0.15, -0.1) is 0 Å². The van der Waals surface area contributed by atoms with Gasteiger partial charge >= 0.3 is 5.97 Å². The summed E-state index contributed by atoms with van der Waals surface area (Å²) in [6, 6.07) is 18.5. The normalized spacial score (nSPS) is 13.6. The molecule has 0 atom stereocenters. The van der Waals surface area contributed by atoms with Crippen LogP contribution >= 0.6 is 0 Å². The molecule has 9 heteroatoms. The van der Waals surface area contributed by atoms with Crippen LogP contribution in [0, 0.1) is 5.82 Å². The highest BCUT2D eigenvalue weighted by molar-refractivity contribution is 6.37. The molecule has 0 radical (unpaired) electrons. The monoisotopic (exact) mass is 502 g/mol. The Morgan fingerprint density at radius 3 is 2.35 bits per heavy atom. The predicted molar refractivity (Wildman–Crippen MR) is 142 cm³/mol. The summed E-state index contributed by atoms with van der Waals surface area (Å²) in [6.07, 6.45) is 0. The van der Waals surface area contributed by atoms with Gasteiger partial charge in [0.25, 0.3) is 5.91 Å². The van der Waals surface area contributed by atoms with Crippen molar-refractivity contribution in [3.8, 4) is 0 Å². The summed E-state index contributed by atoms with van der Waals surface area (Å²) in [5.41, 5.74) is 3.44. The van der Waals surface area contributed by atoms with E-state index >= 15 is 4.39 Å². The fraction of sp³-hybridized carbons (Fsp3) is 0.179. The molecule has 0 unspecified atom stereocenters. The fourth-order valence-corrected chi connectivity index (χ4v) is 4.06. The molecule has 2 N–H and O–H groups in total. The number of amides is 2. The minimum Gasteiger partial charge on any atom is -0.465 e. The summed E-state index contributed by atoms with van der Waals surface area (Å²) in [5, 5.41) is 6.00. The molecule has 190 valence electrons. The number of esters is 1. The van der Waals surface area contributed by atoms with Gasteiger partial charge in [-0.25, -0.2) is 9.18 Å². The van der Waals surface area contributed by atoms with E-state index in [1.165, 1.54) is 31.2 Å². The van der Waals surface area contributed by atoms with Gasteiger partial charge in [-0.3, -0.25) is 9.59 Å². The third-order valence-electron chi connectivity index (χ3n) is 5.90. The third kappa shape index (κ3) is 5.36. The van der Waals surface area contributed by atoms with Crippen LogP contribution in [0.1, 0.15) is 21.5 Å². The van der Waals surface area contributed by atoms with E-state index in [0.29, 0.717) is 39.3 Å². The Balaban J connectivity index is 1.75. The smallest absolute Gasteiger partial charge is 0.337 e. The van der Waals surface area contributed by atoms with Crippen molar-refractivity contribution in [3.05, 3.63) is 89.2 Å². The summed E-state index contributed by atoms with van der Waals surface area (Å²) in [5.74, 6) is -1.71. The number of carbonyl (C=O) groups excluding carboxylic acids is 3. The second-order valence-corrected chi connectivity index (χ2v) is 8.80. The van der Waals surface area contributed by atoms with E-state index in [9.17, 15) is 14.4 Å². The SMILES string of the molecule is COC(=O)c1ccc2c(c1)NC(=O)/C2=C(\Nc1ccc(N(C)C(=O)CN(C)C)c(F)c1)c1ccccc1. The zero-order chi connectivity index (χ0) is 26.7. The summed E-state index contributed by atoms with van der Waals surface area (Å²) < 4.78 is 19.9. The molecular weight excluding hydrogens is 475 g/mol.